The van der Waals surface area contributed by atoms with Gasteiger partial charge >= 0.3 is 0 Å². The molecule has 0 atom stereocenters. The summed E-state index contributed by atoms with van der Waals surface area (Å²) < 4.78 is 6.03. The predicted molar refractivity (Wildman–Crippen MR) is 102 cm³/mol. The molecule has 0 bridgehead atoms. The zero-order valence-electron chi connectivity index (χ0n) is 15.4. The lowest BCUT2D eigenvalue weighted by molar-refractivity contribution is 0.597. The van der Waals surface area contributed by atoms with Gasteiger partial charge in [0.2, 0.25) is 0 Å². The Morgan fingerprint density at radius 2 is 2.07 bits per heavy atom. The number of aromatic nitrogens is 7. The van der Waals surface area contributed by atoms with Gasteiger partial charge in [0.25, 0.3) is 0 Å². The van der Waals surface area contributed by atoms with Gasteiger partial charge in [-0.25, -0.2) is 14.3 Å². The maximum atomic E-state index is 4.46. The molecule has 0 spiro atoms. The molecule has 3 heterocycles. The first-order valence-electron chi connectivity index (χ1n) is 9.21. The third-order valence-electron chi connectivity index (χ3n) is 5.02. The molecule has 0 N–H and O–H groups in total. The van der Waals surface area contributed by atoms with E-state index < -0.39 is 0 Å². The number of hydrogen-bond donors (Lipinski definition) is 0. The summed E-state index contributed by atoms with van der Waals surface area (Å²) in [7, 11) is 0. The van der Waals surface area contributed by atoms with E-state index in [4.69, 9.17) is 0 Å². The first kappa shape index (κ1) is 16.0. The second kappa shape index (κ2) is 6.19. The molecule has 27 heavy (non-hydrogen) atoms. The van der Waals surface area contributed by atoms with Crippen molar-refractivity contribution in [2.75, 3.05) is 0 Å². The number of nitrogens with zero attached hydrogens (tertiary/aromatic N) is 7. The van der Waals surface area contributed by atoms with Gasteiger partial charge in [0, 0.05) is 24.0 Å². The molecule has 1 saturated carbocycles. The molecule has 5 rings (SSSR count). The van der Waals surface area contributed by atoms with Crippen molar-refractivity contribution < 1.29 is 0 Å². The van der Waals surface area contributed by atoms with Crippen molar-refractivity contribution in [3.05, 3.63) is 66.1 Å². The van der Waals surface area contributed by atoms with Gasteiger partial charge in [-0.05, 0) is 49.9 Å². The first-order chi connectivity index (χ1) is 13.2. The lowest BCUT2D eigenvalue weighted by Crippen LogP contribution is -2.06. The molecule has 1 aliphatic carbocycles. The summed E-state index contributed by atoms with van der Waals surface area (Å²) in [5.74, 6) is 0. The molecular formula is C20H21N7. The molecule has 1 aliphatic rings. The lowest BCUT2D eigenvalue weighted by atomic mass is 10.0. The van der Waals surface area contributed by atoms with E-state index in [1.54, 1.807) is 6.20 Å². The quantitative estimate of drug-likeness (QED) is 0.548. The minimum atomic E-state index is 0.608. The van der Waals surface area contributed by atoms with Crippen LogP contribution in [0, 0.1) is 13.8 Å². The summed E-state index contributed by atoms with van der Waals surface area (Å²) in [5.41, 5.74) is 6.47. The molecule has 7 nitrogen and oxygen atoms in total. The molecular weight excluding hydrogens is 338 g/mol. The van der Waals surface area contributed by atoms with Crippen molar-refractivity contribution in [2.45, 2.75) is 39.3 Å². The van der Waals surface area contributed by atoms with Crippen LogP contribution in [0.3, 0.4) is 0 Å². The van der Waals surface area contributed by atoms with E-state index in [2.05, 4.69) is 50.9 Å². The third kappa shape index (κ3) is 2.95. The maximum absolute atomic E-state index is 4.46. The minimum absolute atomic E-state index is 0.608. The first-order valence-corrected chi connectivity index (χ1v) is 9.21. The number of rotatable bonds is 5. The van der Waals surface area contributed by atoms with E-state index in [1.165, 1.54) is 24.1 Å². The van der Waals surface area contributed by atoms with Gasteiger partial charge in [-0.15, -0.1) is 5.10 Å². The van der Waals surface area contributed by atoms with Crippen LogP contribution < -0.4 is 0 Å². The van der Waals surface area contributed by atoms with Gasteiger partial charge in [0.05, 0.1) is 36.6 Å². The van der Waals surface area contributed by atoms with E-state index in [0.717, 1.165) is 22.5 Å². The van der Waals surface area contributed by atoms with E-state index in [9.17, 15) is 0 Å². The zero-order chi connectivity index (χ0) is 18.4. The Morgan fingerprint density at radius 3 is 2.85 bits per heavy atom. The summed E-state index contributed by atoms with van der Waals surface area (Å²) in [6.07, 6.45) is 12.1. The van der Waals surface area contributed by atoms with Crippen molar-refractivity contribution in [3.63, 3.8) is 0 Å². The molecule has 3 aromatic heterocycles. The Hall–Kier alpha value is -3.22. The van der Waals surface area contributed by atoms with Crippen molar-refractivity contribution in [3.8, 4) is 16.9 Å². The van der Waals surface area contributed by atoms with Crippen LogP contribution in [0.4, 0.5) is 0 Å². The summed E-state index contributed by atoms with van der Waals surface area (Å²) in [6, 6.07) is 6.84. The van der Waals surface area contributed by atoms with Crippen LogP contribution in [0.25, 0.3) is 16.9 Å². The maximum Gasteiger partial charge on any atom is 0.115 e. The van der Waals surface area contributed by atoms with Gasteiger partial charge in [-0.1, -0.05) is 11.3 Å². The largest absolute Gasteiger partial charge is 0.330 e. The SMILES string of the molecule is Cc1cc(C)c(-c2cn(Cc3cncn3C3CC3)nn2)c(-n2cccn2)c1. The van der Waals surface area contributed by atoms with Crippen LogP contribution in [-0.4, -0.2) is 34.3 Å². The summed E-state index contributed by atoms with van der Waals surface area (Å²) in [6.45, 7) is 4.88. The molecule has 1 fully saturated rings. The summed E-state index contributed by atoms with van der Waals surface area (Å²) in [5, 5.41) is 13.2. The molecule has 136 valence electrons. The van der Waals surface area contributed by atoms with Gasteiger partial charge in [-0.2, -0.15) is 5.10 Å². The smallest absolute Gasteiger partial charge is 0.115 e. The van der Waals surface area contributed by atoms with Crippen LogP contribution in [0.1, 0.15) is 35.7 Å². The van der Waals surface area contributed by atoms with Crippen molar-refractivity contribution in [2.24, 2.45) is 0 Å². The fourth-order valence-electron chi connectivity index (χ4n) is 3.66. The third-order valence-corrected chi connectivity index (χ3v) is 5.02. The summed E-state index contributed by atoms with van der Waals surface area (Å²) in [4.78, 5) is 4.31. The average molecular weight is 359 g/mol. The number of hydrogen-bond acceptors (Lipinski definition) is 4. The fourth-order valence-corrected chi connectivity index (χ4v) is 3.66. The molecule has 0 saturated heterocycles. The van der Waals surface area contributed by atoms with Crippen LogP contribution in [-0.2, 0) is 6.54 Å². The van der Waals surface area contributed by atoms with Crippen molar-refractivity contribution >= 4 is 0 Å². The van der Waals surface area contributed by atoms with E-state index in [-0.39, 0.29) is 0 Å². The average Bonchev–Trinajstić information content (AvgIpc) is 3.06. The van der Waals surface area contributed by atoms with E-state index in [0.29, 0.717) is 12.6 Å². The molecule has 1 aromatic carbocycles. The topological polar surface area (TPSA) is 66.3 Å². The van der Waals surface area contributed by atoms with Crippen molar-refractivity contribution in [1.29, 1.82) is 0 Å². The van der Waals surface area contributed by atoms with Crippen LogP contribution >= 0.6 is 0 Å². The second-order valence-corrected chi connectivity index (χ2v) is 7.25. The van der Waals surface area contributed by atoms with E-state index in [1.807, 2.05) is 40.3 Å². The monoisotopic (exact) mass is 359 g/mol. The Labute approximate surface area is 157 Å². The Kier molecular flexibility index (Phi) is 3.67. The molecule has 7 heteroatoms. The minimum Gasteiger partial charge on any atom is -0.330 e. The second-order valence-electron chi connectivity index (χ2n) is 7.25. The highest BCUT2D eigenvalue weighted by atomic mass is 15.4. The summed E-state index contributed by atoms with van der Waals surface area (Å²) >= 11 is 0. The van der Waals surface area contributed by atoms with Crippen molar-refractivity contribution in [1.82, 2.24) is 34.3 Å². The van der Waals surface area contributed by atoms with Crippen LogP contribution in [0.5, 0.6) is 0 Å². The van der Waals surface area contributed by atoms with Gasteiger partial charge in [-0.3, -0.25) is 0 Å². The molecule has 0 unspecified atom stereocenters. The van der Waals surface area contributed by atoms with Gasteiger partial charge < -0.3 is 4.57 Å². The number of imidazole rings is 1. The Morgan fingerprint density at radius 1 is 1.19 bits per heavy atom. The molecule has 0 radical (unpaired) electrons. The fraction of sp³-hybridized carbons (Fsp3) is 0.300. The highest BCUT2D eigenvalue weighted by Crippen LogP contribution is 2.36. The normalized spacial score (nSPS) is 14.0. The zero-order valence-corrected chi connectivity index (χ0v) is 15.4. The molecule has 4 aromatic rings. The predicted octanol–water partition coefficient (Wildman–Crippen LogP) is 3.33. The van der Waals surface area contributed by atoms with Gasteiger partial charge in [0.1, 0.15) is 5.69 Å². The standard InChI is InChI=1S/C20H21N7/c1-14-8-15(2)20(19(9-14)27-7-3-6-22-27)18-12-25(24-23-18)11-17-10-21-13-26(17)16-4-5-16/h3,6-10,12-13,16H,4-5,11H2,1-2H3. The van der Waals surface area contributed by atoms with E-state index >= 15 is 0 Å². The lowest BCUT2D eigenvalue weighted by Gasteiger charge is -2.12. The Balaban J connectivity index is 1.52. The van der Waals surface area contributed by atoms with Gasteiger partial charge in [0.15, 0.2) is 0 Å². The highest BCUT2D eigenvalue weighted by molar-refractivity contribution is 5.73. The highest BCUT2D eigenvalue weighted by Gasteiger charge is 2.25. The van der Waals surface area contributed by atoms with Crippen LogP contribution in [0.15, 0.2) is 49.3 Å². The molecule has 0 aliphatic heterocycles. The number of aryl methyl sites for hydroxylation is 2. The van der Waals surface area contributed by atoms with Crippen LogP contribution in [0.2, 0.25) is 0 Å². The molecule has 0 amide bonds. The Bertz CT molecular complexity index is 1080. The number of benzene rings is 1.